The number of carbonyl (C=O) groups excluding carboxylic acids is 1. The number of carbonyl (C=O) groups is 1. The van der Waals surface area contributed by atoms with E-state index in [0.717, 1.165) is 50.9 Å². The van der Waals surface area contributed by atoms with Crippen molar-refractivity contribution in [1.82, 2.24) is 19.7 Å². The first-order valence-corrected chi connectivity index (χ1v) is 8.43. The predicted octanol–water partition coefficient (Wildman–Crippen LogP) is 1.71. The van der Waals surface area contributed by atoms with Crippen LogP contribution in [0.4, 0.5) is 0 Å². The maximum absolute atomic E-state index is 12.3. The van der Waals surface area contributed by atoms with Crippen LogP contribution in [0, 0.1) is 5.92 Å². The Morgan fingerprint density at radius 2 is 2.00 bits per heavy atom. The second-order valence-corrected chi connectivity index (χ2v) is 6.76. The van der Waals surface area contributed by atoms with Crippen molar-refractivity contribution < 1.29 is 4.79 Å². The van der Waals surface area contributed by atoms with Crippen LogP contribution in [0.3, 0.4) is 0 Å². The van der Waals surface area contributed by atoms with Crippen LogP contribution >= 0.6 is 0 Å². The third-order valence-electron chi connectivity index (χ3n) is 4.16. The Bertz CT molecular complexity index is 559. The van der Waals surface area contributed by atoms with E-state index in [1.807, 2.05) is 6.92 Å². The monoisotopic (exact) mass is 308 g/mol. The number of rotatable bonds is 6. The van der Waals surface area contributed by atoms with E-state index in [9.17, 15) is 9.59 Å². The number of fused-ring (bicyclic) bond motifs is 1. The van der Waals surface area contributed by atoms with Gasteiger partial charge in [-0.15, -0.1) is 0 Å². The minimum atomic E-state index is -0.151. The summed E-state index contributed by atoms with van der Waals surface area (Å²) < 4.78 is 3.04. The fourth-order valence-corrected chi connectivity index (χ4v) is 2.84. The normalized spacial score (nSPS) is 16.2. The Kier molecular flexibility index (Phi) is 5.80. The van der Waals surface area contributed by atoms with Crippen LogP contribution in [0.1, 0.15) is 58.7 Å². The van der Waals surface area contributed by atoms with Crippen molar-refractivity contribution in [1.29, 1.82) is 0 Å². The van der Waals surface area contributed by atoms with Crippen LogP contribution in [0.25, 0.3) is 0 Å². The van der Waals surface area contributed by atoms with Crippen molar-refractivity contribution in [3.05, 3.63) is 16.3 Å². The van der Waals surface area contributed by atoms with E-state index in [-0.39, 0.29) is 24.2 Å². The molecule has 124 valence electrons. The highest BCUT2D eigenvalue weighted by Gasteiger charge is 2.17. The van der Waals surface area contributed by atoms with Crippen LogP contribution in [0.2, 0.25) is 0 Å². The van der Waals surface area contributed by atoms with Crippen LogP contribution in [0.15, 0.2) is 4.79 Å². The van der Waals surface area contributed by atoms with Gasteiger partial charge in [0.2, 0.25) is 5.91 Å². The predicted molar refractivity (Wildman–Crippen MR) is 85.7 cm³/mol. The summed E-state index contributed by atoms with van der Waals surface area (Å²) in [5, 5.41) is 7.29. The molecule has 1 unspecified atom stereocenters. The van der Waals surface area contributed by atoms with Crippen molar-refractivity contribution in [3.8, 4) is 0 Å². The van der Waals surface area contributed by atoms with Crippen LogP contribution < -0.4 is 11.0 Å². The number of hydrogen-bond donors (Lipinski definition) is 1. The average molecular weight is 308 g/mol. The highest BCUT2D eigenvalue weighted by atomic mass is 16.2. The standard InChI is InChI=1S/C16H28N4O2/c1-12(2)8-9-13(3)17-15(21)11-20-16(22)19-10-6-4-5-7-14(19)18-20/h12-13H,4-11H2,1-3H3,(H,17,21). The van der Waals surface area contributed by atoms with E-state index >= 15 is 0 Å². The van der Waals surface area contributed by atoms with Gasteiger partial charge in [0.1, 0.15) is 12.4 Å². The number of aryl methyl sites for hydroxylation is 1. The average Bonchev–Trinajstić information content (AvgIpc) is 2.64. The van der Waals surface area contributed by atoms with Gasteiger partial charge in [-0.3, -0.25) is 9.36 Å². The molecular weight excluding hydrogens is 280 g/mol. The van der Waals surface area contributed by atoms with Gasteiger partial charge >= 0.3 is 5.69 Å². The molecule has 0 aromatic carbocycles. The lowest BCUT2D eigenvalue weighted by Gasteiger charge is -2.14. The van der Waals surface area contributed by atoms with Crippen molar-refractivity contribution in [2.45, 2.75) is 78.4 Å². The Labute approximate surface area is 131 Å². The van der Waals surface area contributed by atoms with Gasteiger partial charge in [-0.1, -0.05) is 20.3 Å². The quantitative estimate of drug-likeness (QED) is 0.870. The third-order valence-corrected chi connectivity index (χ3v) is 4.16. The zero-order valence-corrected chi connectivity index (χ0v) is 14.0. The van der Waals surface area contributed by atoms with Crippen LogP contribution in [-0.4, -0.2) is 26.3 Å². The summed E-state index contributed by atoms with van der Waals surface area (Å²) in [6.45, 7) is 7.09. The van der Waals surface area contributed by atoms with E-state index in [0.29, 0.717) is 5.92 Å². The van der Waals surface area contributed by atoms with Gasteiger partial charge in [0.05, 0.1) is 0 Å². The molecule has 1 atom stereocenters. The van der Waals surface area contributed by atoms with Gasteiger partial charge in [-0.25, -0.2) is 9.48 Å². The van der Waals surface area contributed by atoms with Gasteiger partial charge in [0.25, 0.3) is 0 Å². The smallest absolute Gasteiger partial charge is 0.346 e. The van der Waals surface area contributed by atoms with Gasteiger partial charge < -0.3 is 5.32 Å². The minimum absolute atomic E-state index is 0.0187. The number of amides is 1. The zero-order chi connectivity index (χ0) is 16.1. The zero-order valence-electron chi connectivity index (χ0n) is 14.0. The fourth-order valence-electron chi connectivity index (χ4n) is 2.84. The number of nitrogens with one attached hydrogen (secondary N) is 1. The molecule has 6 nitrogen and oxygen atoms in total. The number of aromatic nitrogens is 3. The molecular formula is C16H28N4O2. The molecule has 6 heteroatoms. The van der Waals surface area contributed by atoms with E-state index in [1.54, 1.807) is 4.57 Å². The molecule has 0 fully saturated rings. The second kappa shape index (κ2) is 7.61. The summed E-state index contributed by atoms with van der Waals surface area (Å²) in [5.41, 5.74) is -0.151. The molecule has 0 radical (unpaired) electrons. The summed E-state index contributed by atoms with van der Waals surface area (Å²) in [4.78, 5) is 24.4. The van der Waals surface area contributed by atoms with E-state index in [4.69, 9.17) is 0 Å². The molecule has 1 N–H and O–H groups in total. The molecule has 2 rings (SSSR count). The van der Waals surface area contributed by atoms with Gasteiger partial charge in [0.15, 0.2) is 0 Å². The molecule has 0 bridgehead atoms. The van der Waals surface area contributed by atoms with E-state index < -0.39 is 0 Å². The Balaban J connectivity index is 1.93. The van der Waals surface area contributed by atoms with Crippen molar-refractivity contribution in [2.24, 2.45) is 5.92 Å². The molecule has 0 saturated heterocycles. The maximum atomic E-state index is 12.3. The molecule has 22 heavy (non-hydrogen) atoms. The lowest BCUT2D eigenvalue weighted by molar-refractivity contribution is -0.122. The molecule has 0 saturated carbocycles. The number of hydrogen-bond acceptors (Lipinski definition) is 3. The minimum Gasteiger partial charge on any atom is -0.352 e. The van der Waals surface area contributed by atoms with Crippen LogP contribution in [0.5, 0.6) is 0 Å². The SMILES string of the molecule is CC(C)CCC(C)NC(=O)Cn1nc2n(c1=O)CCCCC2. The lowest BCUT2D eigenvalue weighted by Crippen LogP contribution is -2.38. The maximum Gasteiger partial charge on any atom is 0.346 e. The van der Waals surface area contributed by atoms with Crippen molar-refractivity contribution in [3.63, 3.8) is 0 Å². The Morgan fingerprint density at radius 3 is 2.73 bits per heavy atom. The molecule has 1 amide bonds. The Hall–Kier alpha value is -1.59. The molecule has 2 heterocycles. The summed E-state index contributed by atoms with van der Waals surface area (Å²) in [7, 11) is 0. The summed E-state index contributed by atoms with van der Waals surface area (Å²) in [5.74, 6) is 1.32. The molecule has 1 aliphatic rings. The first-order chi connectivity index (χ1) is 10.5. The summed E-state index contributed by atoms with van der Waals surface area (Å²) in [6, 6.07) is 0.131. The summed E-state index contributed by atoms with van der Waals surface area (Å²) in [6.07, 6.45) is 6.08. The molecule has 1 aromatic rings. The molecule has 1 aromatic heterocycles. The molecule has 0 aliphatic carbocycles. The topological polar surface area (TPSA) is 68.9 Å². The third kappa shape index (κ3) is 4.45. The van der Waals surface area contributed by atoms with Crippen molar-refractivity contribution >= 4 is 5.91 Å². The first kappa shape index (κ1) is 16.8. The van der Waals surface area contributed by atoms with E-state index in [1.165, 1.54) is 4.68 Å². The second-order valence-electron chi connectivity index (χ2n) is 6.76. The highest BCUT2D eigenvalue weighted by Crippen LogP contribution is 2.10. The largest absolute Gasteiger partial charge is 0.352 e. The summed E-state index contributed by atoms with van der Waals surface area (Å²) >= 11 is 0. The van der Waals surface area contributed by atoms with Gasteiger partial charge in [-0.2, -0.15) is 5.10 Å². The first-order valence-electron chi connectivity index (χ1n) is 8.43. The van der Waals surface area contributed by atoms with E-state index in [2.05, 4.69) is 24.3 Å². The lowest BCUT2D eigenvalue weighted by atomic mass is 10.0. The van der Waals surface area contributed by atoms with Gasteiger partial charge in [-0.05, 0) is 38.5 Å². The molecule has 1 aliphatic heterocycles. The van der Waals surface area contributed by atoms with Crippen molar-refractivity contribution in [2.75, 3.05) is 0 Å². The number of nitrogens with zero attached hydrogens (tertiary/aromatic N) is 3. The fraction of sp³-hybridized carbons (Fsp3) is 0.812. The molecule has 0 spiro atoms. The highest BCUT2D eigenvalue weighted by molar-refractivity contribution is 5.75. The Morgan fingerprint density at radius 1 is 1.23 bits per heavy atom. The van der Waals surface area contributed by atoms with Gasteiger partial charge in [0, 0.05) is 19.0 Å². The van der Waals surface area contributed by atoms with Crippen LogP contribution in [-0.2, 0) is 24.3 Å².